The zero-order valence-electron chi connectivity index (χ0n) is 21.8. The summed E-state index contributed by atoms with van der Waals surface area (Å²) < 4.78 is 13.5. The zero-order chi connectivity index (χ0) is 27.8. The molecule has 1 heterocycles. The lowest BCUT2D eigenvalue weighted by atomic mass is 10.1. The van der Waals surface area contributed by atoms with E-state index >= 15 is 0 Å². The van der Waals surface area contributed by atoms with E-state index in [9.17, 15) is 24.1 Å². The van der Waals surface area contributed by atoms with Crippen LogP contribution in [0, 0.1) is 15.9 Å². The number of hydrogen-bond donors (Lipinski definition) is 1. The molecule has 0 fully saturated rings. The molecule has 9 heteroatoms. The van der Waals surface area contributed by atoms with Gasteiger partial charge in [-0.15, -0.1) is 0 Å². The summed E-state index contributed by atoms with van der Waals surface area (Å²) in [6, 6.07) is 19.4. The molecule has 0 bridgehead atoms. The molecule has 1 N–H and O–H groups in total. The van der Waals surface area contributed by atoms with Crippen LogP contribution in [-0.2, 0) is 17.8 Å². The number of amides is 2. The number of nitro benzene ring substituents is 1. The Kier molecular flexibility index (Phi) is 9.04. The maximum atomic E-state index is 13.7. The minimum Gasteiger partial charge on any atom is -0.361 e. The predicted octanol–water partition coefficient (Wildman–Crippen LogP) is 5.73. The van der Waals surface area contributed by atoms with Crippen LogP contribution in [0.25, 0.3) is 10.9 Å². The number of nitro groups is 1. The van der Waals surface area contributed by atoms with Crippen LogP contribution < -0.4 is 0 Å². The lowest BCUT2D eigenvalue weighted by Crippen LogP contribution is -2.43. The van der Waals surface area contributed by atoms with E-state index in [1.807, 2.05) is 37.4 Å². The van der Waals surface area contributed by atoms with Crippen LogP contribution in [0.15, 0.2) is 79.0 Å². The van der Waals surface area contributed by atoms with Gasteiger partial charge in [-0.2, -0.15) is 0 Å². The minimum atomic E-state index is -0.520. The average Bonchev–Trinajstić information content (AvgIpc) is 3.37. The van der Waals surface area contributed by atoms with Crippen LogP contribution in [0.2, 0.25) is 0 Å². The van der Waals surface area contributed by atoms with Gasteiger partial charge in [-0.25, -0.2) is 4.39 Å². The number of nitrogens with zero attached hydrogens (tertiary/aromatic N) is 3. The van der Waals surface area contributed by atoms with Crippen molar-refractivity contribution >= 4 is 28.4 Å². The maximum absolute atomic E-state index is 13.7. The number of H-pyrrole nitrogens is 1. The maximum Gasteiger partial charge on any atom is 0.269 e. The Labute approximate surface area is 226 Å². The number of non-ortho nitro benzene ring substituents is 1. The molecule has 2 amide bonds. The van der Waals surface area contributed by atoms with E-state index in [0.717, 1.165) is 28.5 Å². The van der Waals surface area contributed by atoms with Crippen molar-refractivity contribution in [2.45, 2.75) is 32.7 Å². The Morgan fingerprint density at radius 2 is 1.67 bits per heavy atom. The summed E-state index contributed by atoms with van der Waals surface area (Å²) in [6.45, 7) is 2.92. The first-order chi connectivity index (χ1) is 18.9. The molecular weight excluding hydrogens is 499 g/mol. The van der Waals surface area contributed by atoms with Gasteiger partial charge >= 0.3 is 0 Å². The molecule has 202 valence electrons. The third-order valence-electron chi connectivity index (χ3n) is 6.69. The molecule has 0 spiro atoms. The van der Waals surface area contributed by atoms with Gasteiger partial charge < -0.3 is 14.8 Å². The topological polar surface area (TPSA) is 99.6 Å². The Morgan fingerprint density at radius 3 is 2.36 bits per heavy atom. The molecule has 3 aromatic carbocycles. The van der Waals surface area contributed by atoms with Crippen LogP contribution in [0.4, 0.5) is 10.1 Å². The monoisotopic (exact) mass is 530 g/mol. The highest BCUT2D eigenvalue weighted by Crippen LogP contribution is 2.20. The van der Waals surface area contributed by atoms with Crippen molar-refractivity contribution in [3.05, 3.63) is 112 Å². The lowest BCUT2D eigenvalue weighted by molar-refractivity contribution is -0.384. The van der Waals surface area contributed by atoms with Gasteiger partial charge in [-0.05, 0) is 54.3 Å². The number of benzene rings is 3. The first kappa shape index (κ1) is 27.5. The summed E-state index contributed by atoms with van der Waals surface area (Å²) in [7, 11) is 0. The van der Waals surface area contributed by atoms with Crippen molar-refractivity contribution in [3.8, 4) is 0 Å². The van der Waals surface area contributed by atoms with Crippen molar-refractivity contribution in [2.75, 3.05) is 19.6 Å². The number of aromatic amines is 1. The van der Waals surface area contributed by atoms with Crippen LogP contribution in [0.3, 0.4) is 0 Å². The number of unbranched alkanes of at least 4 members (excludes halogenated alkanes) is 1. The van der Waals surface area contributed by atoms with E-state index in [4.69, 9.17) is 0 Å². The number of nitrogens with one attached hydrogen (secondary N) is 1. The molecular formula is C30H31FN4O4. The summed E-state index contributed by atoms with van der Waals surface area (Å²) in [5, 5.41) is 12.1. The molecule has 0 saturated heterocycles. The third-order valence-corrected chi connectivity index (χ3v) is 6.69. The van der Waals surface area contributed by atoms with Gasteiger partial charge in [-0.3, -0.25) is 19.7 Å². The molecule has 0 aliphatic rings. The first-order valence-corrected chi connectivity index (χ1v) is 13.0. The molecule has 0 radical (unpaired) electrons. The van der Waals surface area contributed by atoms with E-state index in [1.165, 1.54) is 41.3 Å². The Balaban J connectivity index is 1.54. The molecule has 8 nitrogen and oxygen atoms in total. The molecule has 0 aliphatic carbocycles. The second-order valence-corrected chi connectivity index (χ2v) is 9.44. The highest BCUT2D eigenvalue weighted by atomic mass is 19.1. The zero-order valence-corrected chi connectivity index (χ0v) is 21.8. The van der Waals surface area contributed by atoms with Crippen molar-refractivity contribution < 1.29 is 18.9 Å². The molecule has 39 heavy (non-hydrogen) atoms. The number of halogens is 1. The molecule has 0 aliphatic heterocycles. The lowest BCUT2D eigenvalue weighted by Gasteiger charge is -2.28. The molecule has 0 unspecified atom stereocenters. The van der Waals surface area contributed by atoms with Crippen LogP contribution in [0.1, 0.15) is 41.3 Å². The molecule has 1 aromatic heterocycles. The number of para-hydroxylation sites is 1. The van der Waals surface area contributed by atoms with E-state index in [0.29, 0.717) is 25.9 Å². The standard InChI is InChI=1S/C30H31FN4O4/c1-2-3-17-34(30(37)23-10-14-26(15-11-23)35(38)39)21-29(36)33(20-22-8-12-25(31)13-9-22)18-16-24-19-32-28-7-5-4-6-27(24)28/h4-15,19,32H,2-3,16-18,20-21H2,1H3. The van der Waals surface area contributed by atoms with Gasteiger partial charge in [-0.1, -0.05) is 43.7 Å². The van der Waals surface area contributed by atoms with Crippen molar-refractivity contribution in [2.24, 2.45) is 0 Å². The second-order valence-electron chi connectivity index (χ2n) is 9.44. The number of aromatic nitrogens is 1. The fourth-order valence-electron chi connectivity index (χ4n) is 4.47. The van der Waals surface area contributed by atoms with Gasteiger partial charge in [0.2, 0.25) is 5.91 Å². The SMILES string of the molecule is CCCCN(CC(=O)N(CCc1c[nH]c2ccccc12)Cc1ccc(F)cc1)C(=O)c1ccc([N+](=O)[O-])cc1. The van der Waals surface area contributed by atoms with E-state index < -0.39 is 4.92 Å². The summed E-state index contributed by atoms with van der Waals surface area (Å²) in [5.74, 6) is -0.939. The number of fused-ring (bicyclic) bond motifs is 1. The minimum absolute atomic E-state index is 0.106. The van der Waals surface area contributed by atoms with Crippen LogP contribution >= 0.6 is 0 Å². The van der Waals surface area contributed by atoms with Crippen molar-refractivity contribution in [1.29, 1.82) is 0 Å². The van der Waals surface area contributed by atoms with Crippen LogP contribution in [0.5, 0.6) is 0 Å². The number of carbonyl (C=O) groups excluding carboxylic acids is 2. The van der Waals surface area contributed by atoms with Gasteiger partial charge in [0.15, 0.2) is 0 Å². The molecule has 4 rings (SSSR count). The summed E-state index contributed by atoms with van der Waals surface area (Å²) in [4.78, 5) is 43.9. The van der Waals surface area contributed by atoms with Gasteiger partial charge in [0.25, 0.3) is 11.6 Å². The van der Waals surface area contributed by atoms with Gasteiger partial charge in [0.05, 0.1) is 4.92 Å². The van der Waals surface area contributed by atoms with E-state index in [-0.39, 0.29) is 42.0 Å². The Hall–Kier alpha value is -4.53. The summed E-state index contributed by atoms with van der Waals surface area (Å²) in [5.41, 5.74) is 3.06. The van der Waals surface area contributed by atoms with E-state index in [1.54, 1.807) is 17.0 Å². The first-order valence-electron chi connectivity index (χ1n) is 13.0. The Morgan fingerprint density at radius 1 is 0.949 bits per heavy atom. The van der Waals surface area contributed by atoms with Gasteiger partial charge in [0.1, 0.15) is 12.4 Å². The van der Waals surface area contributed by atoms with E-state index in [2.05, 4.69) is 4.98 Å². The number of carbonyl (C=O) groups is 2. The van der Waals surface area contributed by atoms with Gasteiger partial charge in [0, 0.05) is 54.4 Å². The highest BCUT2D eigenvalue weighted by Gasteiger charge is 2.23. The third kappa shape index (κ3) is 7.07. The highest BCUT2D eigenvalue weighted by molar-refractivity contribution is 5.96. The summed E-state index contributed by atoms with van der Waals surface area (Å²) >= 11 is 0. The molecule has 0 atom stereocenters. The van der Waals surface area contributed by atoms with Crippen molar-refractivity contribution in [1.82, 2.24) is 14.8 Å². The number of hydrogen-bond acceptors (Lipinski definition) is 4. The van der Waals surface area contributed by atoms with Crippen molar-refractivity contribution in [3.63, 3.8) is 0 Å². The molecule has 4 aromatic rings. The van der Waals surface area contributed by atoms with Crippen LogP contribution in [-0.4, -0.2) is 51.2 Å². The fourth-order valence-corrected chi connectivity index (χ4v) is 4.47. The largest absolute Gasteiger partial charge is 0.361 e. The average molecular weight is 531 g/mol. The quantitative estimate of drug-likeness (QED) is 0.187. The normalized spacial score (nSPS) is 10.9. The predicted molar refractivity (Wildman–Crippen MR) is 148 cm³/mol. The smallest absolute Gasteiger partial charge is 0.269 e. The number of rotatable bonds is 12. The molecule has 0 saturated carbocycles. The summed E-state index contributed by atoms with van der Waals surface area (Å²) in [6.07, 6.45) is 4.08. The Bertz CT molecular complexity index is 1430. The second kappa shape index (κ2) is 12.8. The fraction of sp³-hybridized carbons (Fsp3) is 0.267.